The molecule has 1 aliphatic heterocycles. The molecule has 1 amide bonds. The lowest BCUT2D eigenvalue weighted by Crippen LogP contribution is -2.47. The van der Waals surface area contributed by atoms with Crippen molar-refractivity contribution >= 4 is 5.91 Å². The number of hydrogen-bond donors (Lipinski definition) is 2. The van der Waals surface area contributed by atoms with Gasteiger partial charge in [0.2, 0.25) is 5.91 Å². The number of rotatable bonds is 6. The van der Waals surface area contributed by atoms with Gasteiger partial charge in [-0.1, -0.05) is 26.7 Å². The largest absolute Gasteiger partial charge is 0.352 e. The second-order valence-electron chi connectivity index (χ2n) is 5.29. The second-order valence-corrected chi connectivity index (χ2v) is 5.29. The fourth-order valence-corrected chi connectivity index (χ4v) is 2.66. The SMILES string of the molecule is CCC(CC)NC(=O)CN1CCCCCC1CN. The van der Waals surface area contributed by atoms with Crippen LogP contribution in [0.4, 0.5) is 0 Å². The summed E-state index contributed by atoms with van der Waals surface area (Å²) in [7, 11) is 0. The number of amides is 1. The standard InChI is InChI=1S/C14H29N3O/c1-3-12(4-2)16-14(18)11-17-9-7-5-6-8-13(17)10-15/h12-13H,3-11,15H2,1-2H3,(H,16,18). The summed E-state index contributed by atoms with van der Waals surface area (Å²) in [6.07, 6.45) is 6.84. The normalized spacial score (nSPS) is 21.9. The minimum atomic E-state index is 0.157. The van der Waals surface area contributed by atoms with Crippen LogP contribution < -0.4 is 11.1 Å². The predicted octanol–water partition coefficient (Wildman–Crippen LogP) is 1.49. The van der Waals surface area contributed by atoms with E-state index < -0.39 is 0 Å². The molecule has 1 heterocycles. The third-order valence-corrected chi connectivity index (χ3v) is 3.97. The van der Waals surface area contributed by atoms with E-state index in [1.807, 2.05) is 0 Å². The Bertz CT molecular complexity index is 241. The van der Waals surface area contributed by atoms with Crippen LogP contribution in [0.2, 0.25) is 0 Å². The van der Waals surface area contributed by atoms with E-state index in [2.05, 4.69) is 24.1 Å². The van der Waals surface area contributed by atoms with Gasteiger partial charge < -0.3 is 11.1 Å². The van der Waals surface area contributed by atoms with Gasteiger partial charge in [0.25, 0.3) is 0 Å². The molecule has 1 fully saturated rings. The molecule has 1 saturated heterocycles. The average Bonchev–Trinajstić information content (AvgIpc) is 2.60. The van der Waals surface area contributed by atoms with Crippen LogP contribution in [0, 0.1) is 0 Å². The molecule has 3 N–H and O–H groups in total. The van der Waals surface area contributed by atoms with E-state index in [0.29, 0.717) is 25.2 Å². The number of nitrogens with one attached hydrogen (secondary N) is 1. The zero-order chi connectivity index (χ0) is 13.4. The van der Waals surface area contributed by atoms with Gasteiger partial charge in [-0.25, -0.2) is 0 Å². The molecule has 1 atom stereocenters. The first-order valence-electron chi connectivity index (χ1n) is 7.44. The third-order valence-electron chi connectivity index (χ3n) is 3.97. The highest BCUT2D eigenvalue weighted by Crippen LogP contribution is 2.15. The summed E-state index contributed by atoms with van der Waals surface area (Å²) in [6, 6.07) is 0.709. The predicted molar refractivity (Wildman–Crippen MR) is 75.4 cm³/mol. The molecule has 4 heteroatoms. The summed E-state index contributed by atoms with van der Waals surface area (Å²) >= 11 is 0. The van der Waals surface area contributed by atoms with Crippen molar-refractivity contribution in [2.24, 2.45) is 5.73 Å². The third kappa shape index (κ3) is 4.94. The van der Waals surface area contributed by atoms with Gasteiger partial charge in [-0.05, 0) is 32.2 Å². The molecule has 1 unspecified atom stereocenters. The molecule has 106 valence electrons. The maximum absolute atomic E-state index is 12.0. The van der Waals surface area contributed by atoms with Crippen molar-refractivity contribution in [2.75, 3.05) is 19.6 Å². The molecule has 0 aromatic carbocycles. The van der Waals surface area contributed by atoms with E-state index in [-0.39, 0.29) is 5.91 Å². The van der Waals surface area contributed by atoms with Crippen LogP contribution >= 0.6 is 0 Å². The molecular formula is C14H29N3O. The second kappa shape index (κ2) is 8.48. The number of nitrogens with two attached hydrogens (primary N) is 1. The Morgan fingerprint density at radius 2 is 2.06 bits per heavy atom. The quantitative estimate of drug-likeness (QED) is 0.756. The monoisotopic (exact) mass is 255 g/mol. The van der Waals surface area contributed by atoms with Gasteiger partial charge in [0.05, 0.1) is 6.54 Å². The Hall–Kier alpha value is -0.610. The van der Waals surface area contributed by atoms with Crippen molar-refractivity contribution < 1.29 is 4.79 Å². The van der Waals surface area contributed by atoms with Crippen LogP contribution in [-0.2, 0) is 4.79 Å². The van der Waals surface area contributed by atoms with Crippen LogP contribution in [-0.4, -0.2) is 42.5 Å². The Balaban J connectivity index is 2.44. The highest BCUT2D eigenvalue weighted by Gasteiger charge is 2.22. The first-order valence-corrected chi connectivity index (χ1v) is 7.44. The molecule has 0 saturated carbocycles. The molecule has 0 aromatic heterocycles. The average molecular weight is 255 g/mol. The maximum Gasteiger partial charge on any atom is 0.234 e. The smallest absolute Gasteiger partial charge is 0.234 e. The van der Waals surface area contributed by atoms with Crippen LogP contribution in [0.15, 0.2) is 0 Å². The summed E-state index contributed by atoms with van der Waals surface area (Å²) in [5, 5.41) is 3.11. The van der Waals surface area contributed by atoms with Gasteiger partial charge in [-0.3, -0.25) is 9.69 Å². The molecule has 0 bridgehead atoms. The first kappa shape index (κ1) is 15.4. The molecule has 0 aliphatic carbocycles. The van der Waals surface area contributed by atoms with E-state index in [1.165, 1.54) is 19.3 Å². The van der Waals surface area contributed by atoms with Gasteiger partial charge >= 0.3 is 0 Å². The summed E-state index contributed by atoms with van der Waals surface area (Å²) in [6.45, 7) is 6.42. The van der Waals surface area contributed by atoms with Gasteiger partial charge in [-0.2, -0.15) is 0 Å². The van der Waals surface area contributed by atoms with Crippen LogP contribution in [0.5, 0.6) is 0 Å². The van der Waals surface area contributed by atoms with Gasteiger partial charge in [0.15, 0.2) is 0 Å². The molecule has 0 aromatic rings. The van der Waals surface area contributed by atoms with E-state index in [4.69, 9.17) is 5.73 Å². The fraction of sp³-hybridized carbons (Fsp3) is 0.929. The van der Waals surface area contributed by atoms with Crippen molar-refractivity contribution in [1.29, 1.82) is 0 Å². The molecule has 18 heavy (non-hydrogen) atoms. The zero-order valence-corrected chi connectivity index (χ0v) is 12.0. The number of hydrogen-bond acceptors (Lipinski definition) is 3. The van der Waals surface area contributed by atoms with E-state index in [1.54, 1.807) is 0 Å². The molecular weight excluding hydrogens is 226 g/mol. The highest BCUT2D eigenvalue weighted by molar-refractivity contribution is 5.78. The first-order chi connectivity index (χ1) is 8.71. The van der Waals surface area contributed by atoms with Crippen molar-refractivity contribution in [3.8, 4) is 0 Å². The van der Waals surface area contributed by atoms with Gasteiger partial charge in [0, 0.05) is 18.6 Å². The van der Waals surface area contributed by atoms with Crippen LogP contribution in [0.1, 0.15) is 52.4 Å². The maximum atomic E-state index is 12.0. The van der Waals surface area contributed by atoms with Crippen molar-refractivity contribution in [3.05, 3.63) is 0 Å². The molecule has 0 spiro atoms. The number of likely N-dealkylation sites (tertiary alicyclic amines) is 1. The van der Waals surface area contributed by atoms with E-state index in [0.717, 1.165) is 25.8 Å². The zero-order valence-electron chi connectivity index (χ0n) is 12.0. The fourth-order valence-electron chi connectivity index (χ4n) is 2.66. The highest BCUT2D eigenvalue weighted by atomic mass is 16.2. The summed E-state index contributed by atoms with van der Waals surface area (Å²) in [5.41, 5.74) is 5.82. The lowest BCUT2D eigenvalue weighted by atomic mass is 10.1. The lowest BCUT2D eigenvalue weighted by Gasteiger charge is -2.28. The number of nitrogens with zero attached hydrogens (tertiary/aromatic N) is 1. The Labute approximate surface area is 111 Å². The van der Waals surface area contributed by atoms with Crippen LogP contribution in [0.25, 0.3) is 0 Å². The summed E-state index contributed by atoms with van der Waals surface area (Å²) < 4.78 is 0. The lowest BCUT2D eigenvalue weighted by molar-refractivity contribution is -0.123. The van der Waals surface area contributed by atoms with E-state index in [9.17, 15) is 4.79 Å². The minimum Gasteiger partial charge on any atom is -0.352 e. The Morgan fingerprint density at radius 1 is 1.33 bits per heavy atom. The van der Waals surface area contributed by atoms with Crippen molar-refractivity contribution in [2.45, 2.75) is 64.5 Å². The minimum absolute atomic E-state index is 0.157. The van der Waals surface area contributed by atoms with Crippen LogP contribution in [0.3, 0.4) is 0 Å². The topological polar surface area (TPSA) is 58.4 Å². The molecule has 0 radical (unpaired) electrons. The van der Waals surface area contributed by atoms with Crippen molar-refractivity contribution in [3.63, 3.8) is 0 Å². The van der Waals surface area contributed by atoms with Crippen molar-refractivity contribution in [1.82, 2.24) is 10.2 Å². The van der Waals surface area contributed by atoms with Gasteiger partial charge in [-0.15, -0.1) is 0 Å². The molecule has 4 nitrogen and oxygen atoms in total. The Kier molecular flexibility index (Phi) is 7.28. The number of carbonyl (C=O) groups is 1. The van der Waals surface area contributed by atoms with Gasteiger partial charge in [0.1, 0.15) is 0 Å². The van der Waals surface area contributed by atoms with E-state index >= 15 is 0 Å². The summed E-state index contributed by atoms with van der Waals surface area (Å²) in [4.78, 5) is 14.3. The Morgan fingerprint density at radius 3 is 2.67 bits per heavy atom. The molecule has 1 rings (SSSR count). The molecule has 1 aliphatic rings. The summed E-state index contributed by atoms with van der Waals surface area (Å²) in [5.74, 6) is 0.157. The number of carbonyl (C=O) groups excluding carboxylic acids is 1.